The van der Waals surface area contributed by atoms with Crippen LogP contribution in [-0.4, -0.2) is 5.91 Å². The summed E-state index contributed by atoms with van der Waals surface area (Å²) >= 11 is 0. The first kappa shape index (κ1) is 6.48. The molecule has 0 radical (unpaired) electrons. The zero-order valence-corrected chi connectivity index (χ0v) is 4.44. The van der Waals surface area contributed by atoms with Gasteiger partial charge in [0.2, 0.25) is 0 Å². The van der Waals surface area contributed by atoms with Crippen LogP contribution in [-0.2, 0) is 9.36 Å². The molecule has 0 bridgehead atoms. The van der Waals surface area contributed by atoms with Gasteiger partial charge in [-0.25, -0.2) is 0 Å². The first-order chi connectivity index (χ1) is 3.27. The van der Waals surface area contributed by atoms with E-state index in [-0.39, 0.29) is 14.3 Å². The molecule has 0 unspecified atom stereocenters. The van der Waals surface area contributed by atoms with Crippen molar-refractivity contribution in [3.05, 3.63) is 0 Å². The Bertz CT molecular complexity index is 157. The zero-order chi connectivity index (χ0) is 5.70. The molecule has 0 aromatic heterocycles. The van der Waals surface area contributed by atoms with E-state index in [0.29, 0.717) is 0 Å². The van der Waals surface area contributed by atoms with Crippen molar-refractivity contribution in [2.45, 2.75) is 6.42 Å². The minimum absolute atomic E-state index is 0.0367. The van der Waals surface area contributed by atoms with Gasteiger partial charge in [0.25, 0.3) is 0 Å². The third-order valence-corrected chi connectivity index (χ3v) is 0.605. The van der Waals surface area contributed by atoms with Crippen molar-refractivity contribution in [3.8, 4) is 5.63 Å². The second kappa shape index (κ2) is 3.66. The molecular weight excluding hydrogens is 113 g/mol. The standard InChI is InChI=1S/C3H4NO2P/c4-3(5)1-2-7-6/h1H2,(H2,4,5). The summed E-state index contributed by atoms with van der Waals surface area (Å²) in [6.07, 6.45) is -0.0367. The summed E-state index contributed by atoms with van der Waals surface area (Å²) in [5.74, 6) is -0.511. The molecule has 0 aliphatic rings. The van der Waals surface area contributed by atoms with Crippen LogP contribution in [0, 0.1) is 5.63 Å². The van der Waals surface area contributed by atoms with Crippen LogP contribution < -0.4 is 5.73 Å². The Balaban J connectivity index is 3.47. The van der Waals surface area contributed by atoms with Gasteiger partial charge >= 0.3 is 41.0 Å². The summed E-state index contributed by atoms with van der Waals surface area (Å²) in [4.78, 5) is 9.77. The second-order valence-corrected chi connectivity index (χ2v) is 1.39. The van der Waals surface area contributed by atoms with Crippen LogP contribution >= 0.6 is 7.92 Å². The van der Waals surface area contributed by atoms with Crippen LogP contribution in [0.3, 0.4) is 0 Å². The molecule has 0 saturated carbocycles. The normalized spacial score (nSPS) is 6.86. The third-order valence-electron chi connectivity index (χ3n) is 0.318. The zero-order valence-electron chi connectivity index (χ0n) is 3.55. The molecule has 0 heterocycles. The van der Waals surface area contributed by atoms with Gasteiger partial charge in [-0.05, 0) is 0 Å². The fourth-order valence-corrected chi connectivity index (χ4v) is 0.331. The van der Waals surface area contributed by atoms with E-state index < -0.39 is 5.91 Å². The molecule has 0 fully saturated rings. The summed E-state index contributed by atoms with van der Waals surface area (Å²) in [5.41, 5.74) is 6.82. The molecule has 4 heteroatoms. The van der Waals surface area contributed by atoms with Gasteiger partial charge < -0.3 is 0 Å². The summed E-state index contributed by atoms with van der Waals surface area (Å²) in [6.45, 7) is 0. The molecule has 0 atom stereocenters. The molecule has 0 saturated heterocycles. The molecule has 1 amide bonds. The number of amides is 1. The molecule has 0 aliphatic heterocycles. The Hall–Kier alpha value is -0.520. The van der Waals surface area contributed by atoms with E-state index in [1.165, 1.54) is 0 Å². The van der Waals surface area contributed by atoms with Crippen LogP contribution in [0.4, 0.5) is 0 Å². The SMILES string of the molecule is NC(=O)CC#P=O. The quantitative estimate of drug-likeness (QED) is 0.495. The van der Waals surface area contributed by atoms with Crippen molar-refractivity contribution in [3.63, 3.8) is 0 Å². The van der Waals surface area contributed by atoms with Gasteiger partial charge in [-0.2, -0.15) is 0 Å². The maximum atomic E-state index is 9.77. The fourth-order valence-electron chi connectivity index (χ4n) is 0.110. The molecular formula is C3H4NO2P. The number of hydrogen-bond acceptors (Lipinski definition) is 2. The van der Waals surface area contributed by atoms with Crippen molar-refractivity contribution in [1.82, 2.24) is 0 Å². The minimum atomic E-state index is -0.511. The third kappa shape index (κ3) is 5.48. The molecule has 0 aromatic rings. The van der Waals surface area contributed by atoms with Crippen LogP contribution in [0.2, 0.25) is 0 Å². The first-order valence-electron chi connectivity index (χ1n) is 1.61. The molecule has 0 rings (SSSR count). The van der Waals surface area contributed by atoms with Crippen molar-refractivity contribution in [2.75, 3.05) is 0 Å². The van der Waals surface area contributed by atoms with Gasteiger partial charge in [-0.3, -0.25) is 0 Å². The summed E-state index contributed by atoms with van der Waals surface area (Å²) in [5, 5.41) is 0. The van der Waals surface area contributed by atoms with E-state index in [9.17, 15) is 9.36 Å². The van der Waals surface area contributed by atoms with Crippen LogP contribution in [0.5, 0.6) is 0 Å². The van der Waals surface area contributed by atoms with Gasteiger partial charge in [0.1, 0.15) is 0 Å². The molecule has 2 N–H and O–H groups in total. The molecule has 0 spiro atoms. The number of primary amides is 1. The van der Waals surface area contributed by atoms with Gasteiger partial charge in [0.05, 0.1) is 0 Å². The maximum absolute atomic E-state index is 9.77. The average molecular weight is 117 g/mol. The number of carbonyl (C=O) groups excluding carboxylic acids is 1. The van der Waals surface area contributed by atoms with Gasteiger partial charge in [0, 0.05) is 0 Å². The molecule has 38 valence electrons. The number of carbonyl (C=O) groups is 1. The topological polar surface area (TPSA) is 60.2 Å². The Morgan fingerprint density at radius 2 is 2.43 bits per heavy atom. The monoisotopic (exact) mass is 117 g/mol. The predicted molar refractivity (Wildman–Crippen MR) is 25.3 cm³/mol. The Morgan fingerprint density at radius 1 is 1.86 bits per heavy atom. The summed E-state index contributed by atoms with van der Waals surface area (Å²) < 4.78 is 9.49. The number of rotatable bonds is 1. The van der Waals surface area contributed by atoms with Crippen LogP contribution in [0.25, 0.3) is 0 Å². The Labute approximate surface area is 42.0 Å². The van der Waals surface area contributed by atoms with Crippen molar-refractivity contribution in [2.24, 2.45) is 5.73 Å². The van der Waals surface area contributed by atoms with E-state index in [1.54, 1.807) is 0 Å². The van der Waals surface area contributed by atoms with Gasteiger partial charge in [-0.1, -0.05) is 0 Å². The average Bonchev–Trinajstić information content (AvgIpc) is 1.61. The molecule has 0 aliphatic carbocycles. The second-order valence-electron chi connectivity index (χ2n) is 0.892. The van der Waals surface area contributed by atoms with E-state index in [0.717, 1.165) is 0 Å². The van der Waals surface area contributed by atoms with Crippen LogP contribution in [0.15, 0.2) is 0 Å². The summed E-state index contributed by atoms with van der Waals surface area (Å²) in [6, 6.07) is 0. The van der Waals surface area contributed by atoms with E-state index in [1.807, 2.05) is 0 Å². The van der Waals surface area contributed by atoms with Gasteiger partial charge in [0.15, 0.2) is 0 Å². The van der Waals surface area contributed by atoms with E-state index in [4.69, 9.17) is 0 Å². The Morgan fingerprint density at radius 3 is 2.57 bits per heavy atom. The Kier molecular flexibility index (Phi) is 3.39. The van der Waals surface area contributed by atoms with Crippen molar-refractivity contribution in [1.29, 1.82) is 0 Å². The van der Waals surface area contributed by atoms with E-state index in [2.05, 4.69) is 11.4 Å². The van der Waals surface area contributed by atoms with E-state index >= 15 is 0 Å². The number of hydrogen-bond donors (Lipinski definition) is 1. The molecule has 7 heavy (non-hydrogen) atoms. The van der Waals surface area contributed by atoms with Crippen molar-refractivity contribution >= 4 is 13.8 Å². The predicted octanol–water partition coefficient (Wildman–Crippen LogP) is 0.113. The van der Waals surface area contributed by atoms with Gasteiger partial charge in [-0.15, -0.1) is 0 Å². The molecule has 0 aromatic carbocycles. The first-order valence-corrected chi connectivity index (χ1v) is 2.42. The molecule has 3 nitrogen and oxygen atoms in total. The summed E-state index contributed by atoms with van der Waals surface area (Å²) in [7, 11) is -0.261. The number of nitrogens with two attached hydrogens (primary N) is 1. The fraction of sp³-hybridized carbons (Fsp3) is 0.333. The van der Waals surface area contributed by atoms with Crippen molar-refractivity contribution < 1.29 is 9.36 Å². The van der Waals surface area contributed by atoms with Crippen LogP contribution in [0.1, 0.15) is 6.42 Å².